The maximum absolute atomic E-state index is 13.4. The molecule has 30 heavy (non-hydrogen) atoms. The first-order chi connectivity index (χ1) is 14.1. The molecule has 1 fully saturated rings. The summed E-state index contributed by atoms with van der Waals surface area (Å²) in [6.45, 7) is 4.88. The molecule has 10 heteroatoms. The van der Waals surface area contributed by atoms with Crippen LogP contribution in [-0.2, 0) is 35.2 Å². The number of hydrogen-bond acceptors (Lipinski definition) is 5. The van der Waals surface area contributed by atoms with Crippen molar-refractivity contribution < 1.29 is 22.8 Å². The molecule has 0 unspecified atom stereocenters. The highest BCUT2D eigenvalue weighted by Crippen LogP contribution is 2.34. The summed E-state index contributed by atoms with van der Waals surface area (Å²) in [5, 5.41) is 0. The maximum Gasteiger partial charge on any atom is 0.433 e. The molecule has 0 saturated carbocycles. The molecule has 2 N–H and O–H groups in total. The number of nitrogens with zero attached hydrogens (tertiary/aromatic N) is 4. The topological polar surface area (TPSA) is 92.4 Å². The van der Waals surface area contributed by atoms with Crippen LogP contribution in [0.2, 0.25) is 0 Å². The molecule has 3 heterocycles. The fourth-order valence-electron chi connectivity index (χ4n) is 4.06. The Morgan fingerprint density at radius 1 is 1.30 bits per heavy atom. The number of halogens is 3. The summed E-state index contributed by atoms with van der Waals surface area (Å²) in [6, 6.07) is -0.518. The van der Waals surface area contributed by atoms with Gasteiger partial charge in [-0.2, -0.15) is 13.2 Å². The number of fused-ring (bicyclic) bond motifs is 1. The molecule has 0 bridgehead atoms. The van der Waals surface area contributed by atoms with E-state index in [0.29, 0.717) is 25.4 Å². The van der Waals surface area contributed by atoms with Crippen LogP contribution in [-0.4, -0.2) is 57.3 Å². The fraction of sp³-hybridized carbons (Fsp3) is 0.700. The van der Waals surface area contributed by atoms with Gasteiger partial charge in [-0.05, 0) is 18.8 Å². The van der Waals surface area contributed by atoms with E-state index in [1.165, 1.54) is 4.90 Å². The average molecular weight is 427 g/mol. The van der Waals surface area contributed by atoms with Crippen LogP contribution in [0.25, 0.3) is 0 Å². The third-order valence-electron chi connectivity index (χ3n) is 5.68. The minimum absolute atomic E-state index is 0.0131. The van der Waals surface area contributed by atoms with Crippen molar-refractivity contribution in [3.8, 4) is 0 Å². The summed E-state index contributed by atoms with van der Waals surface area (Å²) in [5.74, 6) is 0.325. The van der Waals surface area contributed by atoms with Gasteiger partial charge in [-0.1, -0.05) is 13.8 Å². The Morgan fingerprint density at radius 3 is 2.70 bits per heavy atom. The predicted molar refractivity (Wildman–Crippen MR) is 103 cm³/mol. The molecule has 0 aromatic carbocycles. The number of carbonyl (C=O) groups is 2. The zero-order chi connectivity index (χ0) is 22.1. The molecule has 2 aliphatic heterocycles. The third-order valence-corrected chi connectivity index (χ3v) is 5.68. The molecule has 0 spiro atoms. The molecule has 1 aromatic rings. The molecule has 1 aromatic heterocycles. The predicted octanol–water partition coefficient (Wildman–Crippen LogP) is 1.92. The number of likely N-dealkylation sites (tertiary alicyclic amines) is 1. The van der Waals surface area contributed by atoms with E-state index < -0.39 is 17.9 Å². The van der Waals surface area contributed by atoms with Crippen molar-refractivity contribution in [3.63, 3.8) is 0 Å². The number of piperidine rings is 1. The Bertz CT molecular complexity index is 814. The molecule has 166 valence electrons. The van der Waals surface area contributed by atoms with Gasteiger partial charge in [0.25, 0.3) is 0 Å². The minimum Gasteiger partial charge on any atom is -0.341 e. The molecular weight excluding hydrogens is 399 g/mol. The molecule has 1 saturated heterocycles. The van der Waals surface area contributed by atoms with E-state index in [-0.39, 0.29) is 61.2 Å². The number of carbonyl (C=O) groups excluding carboxylic acids is 2. The van der Waals surface area contributed by atoms with Gasteiger partial charge in [0, 0.05) is 50.5 Å². The van der Waals surface area contributed by atoms with Crippen molar-refractivity contribution in [3.05, 3.63) is 22.8 Å². The SMILES string of the molecule is CCc1nc2c(c(C(F)(F)F)n1)CCN(C(=O)C[C@@H](N)CN1C[C@H](C)CCC1=O)C2. The summed E-state index contributed by atoms with van der Waals surface area (Å²) in [7, 11) is 0. The van der Waals surface area contributed by atoms with Gasteiger partial charge in [0.1, 0.15) is 5.82 Å². The lowest BCUT2D eigenvalue weighted by Gasteiger charge is -2.34. The fourth-order valence-corrected chi connectivity index (χ4v) is 4.06. The zero-order valence-electron chi connectivity index (χ0n) is 17.3. The van der Waals surface area contributed by atoms with E-state index in [0.717, 1.165) is 6.42 Å². The van der Waals surface area contributed by atoms with Crippen molar-refractivity contribution in [2.75, 3.05) is 19.6 Å². The first-order valence-corrected chi connectivity index (χ1v) is 10.4. The van der Waals surface area contributed by atoms with Gasteiger partial charge in [-0.25, -0.2) is 9.97 Å². The molecule has 0 aliphatic carbocycles. The molecule has 3 rings (SSSR count). The first kappa shape index (κ1) is 22.5. The van der Waals surface area contributed by atoms with Crippen molar-refractivity contribution >= 4 is 11.8 Å². The van der Waals surface area contributed by atoms with Crippen LogP contribution in [0.1, 0.15) is 55.9 Å². The lowest BCUT2D eigenvalue weighted by molar-refractivity contribution is -0.142. The van der Waals surface area contributed by atoms with E-state index in [1.807, 2.05) is 0 Å². The summed E-state index contributed by atoms with van der Waals surface area (Å²) < 4.78 is 40.1. The van der Waals surface area contributed by atoms with E-state index in [2.05, 4.69) is 16.9 Å². The Kier molecular flexibility index (Phi) is 6.64. The maximum atomic E-state index is 13.4. The van der Waals surface area contributed by atoms with E-state index in [4.69, 9.17) is 5.73 Å². The van der Waals surface area contributed by atoms with Gasteiger partial charge in [-0.3, -0.25) is 9.59 Å². The number of amides is 2. The normalized spacial score (nSPS) is 20.9. The number of hydrogen-bond donors (Lipinski definition) is 1. The summed E-state index contributed by atoms with van der Waals surface area (Å²) in [4.78, 5) is 35.9. The summed E-state index contributed by atoms with van der Waals surface area (Å²) >= 11 is 0. The van der Waals surface area contributed by atoms with Crippen LogP contribution in [0.3, 0.4) is 0 Å². The monoisotopic (exact) mass is 427 g/mol. The quantitative estimate of drug-likeness (QED) is 0.775. The van der Waals surface area contributed by atoms with Crippen molar-refractivity contribution in [2.24, 2.45) is 11.7 Å². The molecule has 0 radical (unpaired) electrons. The van der Waals surface area contributed by atoms with E-state index in [9.17, 15) is 22.8 Å². The first-order valence-electron chi connectivity index (χ1n) is 10.4. The number of rotatable bonds is 5. The van der Waals surface area contributed by atoms with Crippen LogP contribution in [0.4, 0.5) is 13.2 Å². The Balaban J connectivity index is 1.66. The second kappa shape index (κ2) is 8.87. The van der Waals surface area contributed by atoms with Gasteiger partial charge < -0.3 is 15.5 Å². The largest absolute Gasteiger partial charge is 0.433 e. The molecular formula is C20H28F3N5O2. The van der Waals surface area contributed by atoms with Crippen LogP contribution in [0.15, 0.2) is 0 Å². The van der Waals surface area contributed by atoms with Gasteiger partial charge in [0.2, 0.25) is 11.8 Å². The van der Waals surface area contributed by atoms with Crippen LogP contribution < -0.4 is 5.73 Å². The van der Waals surface area contributed by atoms with Crippen molar-refractivity contribution in [1.82, 2.24) is 19.8 Å². The van der Waals surface area contributed by atoms with Crippen LogP contribution >= 0.6 is 0 Å². The van der Waals surface area contributed by atoms with Gasteiger partial charge >= 0.3 is 6.18 Å². The van der Waals surface area contributed by atoms with Gasteiger partial charge in [-0.15, -0.1) is 0 Å². The van der Waals surface area contributed by atoms with E-state index in [1.54, 1.807) is 11.8 Å². The molecule has 2 aliphatic rings. The highest BCUT2D eigenvalue weighted by Gasteiger charge is 2.39. The summed E-state index contributed by atoms with van der Waals surface area (Å²) in [5.41, 5.74) is 5.55. The van der Waals surface area contributed by atoms with Gasteiger partial charge in [0.05, 0.1) is 12.2 Å². The standard InChI is InChI=1S/C20H28F3N5O2/c1-3-16-25-15-11-27(7-6-14(15)19(26-16)20(21,22)23)18(30)8-13(24)10-28-9-12(2)4-5-17(28)29/h12-13H,3-11,24H2,1-2H3/t12-,13-/m1/s1. The zero-order valence-corrected chi connectivity index (χ0v) is 17.3. The summed E-state index contributed by atoms with van der Waals surface area (Å²) in [6.07, 6.45) is -2.84. The second-order valence-electron chi connectivity index (χ2n) is 8.24. The Labute approximate surface area is 173 Å². The van der Waals surface area contributed by atoms with Crippen LogP contribution in [0, 0.1) is 5.92 Å². The average Bonchev–Trinajstić information content (AvgIpc) is 2.68. The smallest absolute Gasteiger partial charge is 0.341 e. The van der Waals surface area contributed by atoms with E-state index >= 15 is 0 Å². The number of nitrogens with two attached hydrogens (primary N) is 1. The molecule has 7 nitrogen and oxygen atoms in total. The second-order valence-corrected chi connectivity index (χ2v) is 8.24. The minimum atomic E-state index is -4.55. The lowest BCUT2D eigenvalue weighted by atomic mass is 9.98. The van der Waals surface area contributed by atoms with Crippen molar-refractivity contribution in [1.29, 1.82) is 0 Å². The molecule has 2 atom stereocenters. The Morgan fingerprint density at radius 2 is 2.03 bits per heavy atom. The Hall–Kier alpha value is -2.23. The number of alkyl halides is 3. The number of aromatic nitrogens is 2. The van der Waals surface area contributed by atoms with Gasteiger partial charge in [0.15, 0.2) is 5.69 Å². The van der Waals surface area contributed by atoms with Crippen molar-refractivity contribution in [2.45, 2.75) is 64.7 Å². The highest BCUT2D eigenvalue weighted by molar-refractivity contribution is 5.78. The third kappa shape index (κ3) is 5.08. The van der Waals surface area contributed by atoms with Crippen LogP contribution in [0.5, 0.6) is 0 Å². The molecule has 2 amide bonds. The lowest BCUT2D eigenvalue weighted by Crippen LogP contribution is -2.48. The number of aryl methyl sites for hydroxylation is 1. The highest BCUT2D eigenvalue weighted by atomic mass is 19.4.